The van der Waals surface area contributed by atoms with E-state index in [1.165, 1.54) is 21.5 Å². The standard InChI is InChI=1S/C18H21N5S/c1-3-19-18-20-9-14-10-23(7-6-15(14)22-18)12(2)13-4-5-17-16(8-13)21-11-24-17/h4-5,8-9,11-12H,3,6-7,10H2,1-2H3,(H,19,20,22). The lowest BCUT2D eigenvalue weighted by molar-refractivity contribution is 0.190. The van der Waals surface area contributed by atoms with Gasteiger partial charge in [0.05, 0.1) is 21.4 Å². The van der Waals surface area contributed by atoms with E-state index < -0.39 is 0 Å². The third-order valence-electron chi connectivity index (χ3n) is 4.68. The lowest BCUT2D eigenvalue weighted by Crippen LogP contribution is -2.33. The number of rotatable bonds is 4. The molecule has 124 valence electrons. The largest absolute Gasteiger partial charge is 0.354 e. The van der Waals surface area contributed by atoms with Gasteiger partial charge in [-0.1, -0.05) is 6.07 Å². The SMILES string of the molecule is CCNc1ncc2c(n1)CCN(C(C)c1ccc3scnc3c1)C2. The lowest BCUT2D eigenvalue weighted by Gasteiger charge is -2.33. The highest BCUT2D eigenvalue weighted by Gasteiger charge is 2.23. The highest BCUT2D eigenvalue weighted by Crippen LogP contribution is 2.29. The van der Waals surface area contributed by atoms with E-state index in [2.05, 4.69) is 57.2 Å². The molecule has 2 aromatic heterocycles. The molecule has 1 atom stereocenters. The maximum atomic E-state index is 4.65. The molecule has 6 heteroatoms. The van der Waals surface area contributed by atoms with Crippen molar-refractivity contribution >= 4 is 27.5 Å². The number of aromatic nitrogens is 3. The zero-order valence-electron chi connectivity index (χ0n) is 14.0. The molecular weight excluding hydrogens is 318 g/mol. The fourth-order valence-electron chi connectivity index (χ4n) is 3.26. The average Bonchev–Trinajstić information content (AvgIpc) is 3.08. The summed E-state index contributed by atoms with van der Waals surface area (Å²) in [6.07, 6.45) is 2.95. The van der Waals surface area contributed by atoms with Gasteiger partial charge >= 0.3 is 0 Å². The van der Waals surface area contributed by atoms with Crippen LogP contribution in [0.15, 0.2) is 29.9 Å². The number of thiazole rings is 1. The van der Waals surface area contributed by atoms with Crippen LogP contribution in [0.5, 0.6) is 0 Å². The molecule has 1 aliphatic rings. The van der Waals surface area contributed by atoms with Crippen LogP contribution in [0.25, 0.3) is 10.2 Å². The van der Waals surface area contributed by atoms with Crippen molar-refractivity contribution in [2.24, 2.45) is 0 Å². The molecule has 0 bridgehead atoms. The Hall–Kier alpha value is -2.05. The van der Waals surface area contributed by atoms with Crippen LogP contribution in [0.4, 0.5) is 5.95 Å². The Morgan fingerprint density at radius 1 is 1.33 bits per heavy atom. The number of nitrogens with one attached hydrogen (secondary N) is 1. The van der Waals surface area contributed by atoms with Crippen molar-refractivity contribution in [3.63, 3.8) is 0 Å². The predicted molar refractivity (Wildman–Crippen MR) is 98.3 cm³/mol. The predicted octanol–water partition coefficient (Wildman–Crippen LogP) is 3.64. The third kappa shape index (κ3) is 2.87. The number of fused-ring (bicyclic) bond motifs is 2. The van der Waals surface area contributed by atoms with Crippen molar-refractivity contribution in [3.8, 4) is 0 Å². The van der Waals surface area contributed by atoms with Crippen LogP contribution in [0.2, 0.25) is 0 Å². The lowest BCUT2D eigenvalue weighted by atomic mass is 10.0. The summed E-state index contributed by atoms with van der Waals surface area (Å²) >= 11 is 1.69. The normalized spacial score (nSPS) is 16.1. The Labute approximate surface area is 145 Å². The highest BCUT2D eigenvalue weighted by atomic mass is 32.1. The van der Waals surface area contributed by atoms with E-state index in [0.717, 1.165) is 37.5 Å². The first-order chi connectivity index (χ1) is 11.7. The zero-order chi connectivity index (χ0) is 16.5. The summed E-state index contributed by atoms with van der Waals surface area (Å²) in [5.41, 5.74) is 6.75. The molecule has 0 fully saturated rings. The molecule has 1 aliphatic heterocycles. The molecule has 0 saturated heterocycles. The third-order valence-corrected chi connectivity index (χ3v) is 5.49. The molecule has 5 nitrogen and oxygen atoms in total. The van der Waals surface area contributed by atoms with Crippen molar-refractivity contribution in [1.29, 1.82) is 0 Å². The van der Waals surface area contributed by atoms with Crippen molar-refractivity contribution in [3.05, 3.63) is 46.7 Å². The molecule has 0 saturated carbocycles. The molecule has 3 heterocycles. The van der Waals surface area contributed by atoms with Crippen LogP contribution in [0.1, 0.15) is 36.7 Å². The van der Waals surface area contributed by atoms with Crippen LogP contribution >= 0.6 is 11.3 Å². The summed E-state index contributed by atoms with van der Waals surface area (Å²) in [6, 6.07) is 6.99. The molecule has 1 unspecified atom stereocenters. The van der Waals surface area contributed by atoms with Gasteiger partial charge in [-0.3, -0.25) is 4.90 Å². The van der Waals surface area contributed by atoms with E-state index in [4.69, 9.17) is 0 Å². The smallest absolute Gasteiger partial charge is 0.222 e. The fourth-order valence-corrected chi connectivity index (χ4v) is 3.92. The molecular formula is C18H21N5S. The molecule has 0 aliphatic carbocycles. The number of benzene rings is 1. The minimum atomic E-state index is 0.359. The van der Waals surface area contributed by atoms with Crippen molar-refractivity contribution in [1.82, 2.24) is 19.9 Å². The first-order valence-electron chi connectivity index (χ1n) is 8.40. The number of anilines is 1. The molecule has 1 N–H and O–H groups in total. The van der Waals surface area contributed by atoms with Gasteiger partial charge in [0.1, 0.15) is 0 Å². The van der Waals surface area contributed by atoms with E-state index in [9.17, 15) is 0 Å². The number of hydrogen-bond acceptors (Lipinski definition) is 6. The van der Waals surface area contributed by atoms with Gasteiger partial charge in [0.15, 0.2) is 0 Å². The van der Waals surface area contributed by atoms with Crippen molar-refractivity contribution < 1.29 is 0 Å². The van der Waals surface area contributed by atoms with Gasteiger partial charge in [-0.25, -0.2) is 15.0 Å². The van der Waals surface area contributed by atoms with Crippen molar-refractivity contribution in [2.45, 2.75) is 32.9 Å². The van der Waals surface area contributed by atoms with Gasteiger partial charge in [0.2, 0.25) is 5.95 Å². The van der Waals surface area contributed by atoms with Gasteiger partial charge in [0, 0.05) is 43.9 Å². The van der Waals surface area contributed by atoms with E-state index in [0.29, 0.717) is 6.04 Å². The second kappa shape index (κ2) is 6.45. The quantitative estimate of drug-likeness (QED) is 0.786. The molecule has 24 heavy (non-hydrogen) atoms. The maximum Gasteiger partial charge on any atom is 0.222 e. The molecule has 0 spiro atoms. The zero-order valence-corrected chi connectivity index (χ0v) is 14.8. The molecule has 1 aromatic carbocycles. The Kier molecular flexibility index (Phi) is 4.16. The van der Waals surface area contributed by atoms with Crippen LogP contribution < -0.4 is 5.32 Å². The second-order valence-electron chi connectivity index (χ2n) is 6.17. The Morgan fingerprint density at radius 3 is 3.12 bits per heavy atom. The minimum Gasteiger partial charge on any atom is -0.354 e. The minimum absolute atomic E-state index is 0.359. The molecule has 0 amide bonds. The Morgan fingerprint density at radius 2 is 2.25 bits per heavy atom. The van der Waals surface area contributed by atoms with E-state index >= 15 is 0 Å². The summed E-state index contributed by atoms with van der Waals surface area (Å²) < 4.78 is 1.25. The van der Waals surface area contributed by atoms with Crippen LogP contribution in [-0.2, 0) is 13.0 Å². The average molecular weight is 339 g/mol. The van der Waals surface area contributed by atoms with Crippen LogP contribution in [-0.4, -0.2) is 32.9 Å². The maximum absolute atomic E-state index is 4.65. The second-order valence-corrected chi connectivity index (χ2v) is 7.06. The number of nitrogens with zero attached hydrogens (tertiary/aromatic N) is 4. The first-order valence-corrected chi connectivity index (χ1v) is 9.28. The molecule has 3 aromatic rings. The monoisotopic (exact) mass is 339 g/mol. The summed E-state index contributed by atoms with van der Waals surface area (Å²) in [7, 11) is 0. The van der Waals surface area contributed by atoms with Gasteiger partial charge in [-0.15, -0.1) is 11.3 Å². The Balaban J connectivity index is 1.54. The summed E-state index contributed by atoms with van der Waals surface area (Å²) in [5.74, 6) is 0.742. The highest BCUT2D eigenvalue weighted by molar-refractivity contribution is 7.16. The van der Waals surface area contributed by atoms with Gasteiger partial charge in [0.25, 0.3) is 0 Å². The van der Waals surface area contributed by atoms with E-state index in [1.54, 1.807) is 11.3 Å². The van der Waals surface area contributed by atoms with Crippen molar-refractivity contribution in [2.75, 3.05) is 18.4 Å². The van der Waals surface area contributed by atoms with Gasteiger partial charge in [-0.05, 0) is 31.5 Å². The first kappa shape index (κ1) is 15.5. The van der Waals surface area contributed by atoms with Crippen LogP contribution in [0, 0.1) is 0 Å². The van der Waals surface area contributed by atoms with Gasteiger partial charge < -0.3 is 5.32 Å². The van der Waals surface area contributed by atoms with E-state index in [-0.39, 0.29) is 0 Å². The summed E-state index contributed by atoms with van der Waals surface area (Å²) in [6.45, 7) is 7.10. The number of hydrogen-bond donors (Lipinski definition) is 1. The summed E-state index contributed by atoms with van der Waals surface area (Å²) in [4.78, 5) is 16.0. The van der Waals surface area contributed by atoms with E-state index in [1.807, 2.05) is 11.7 Å². The molecule has 4 rings (SSSR count). The van der Waals surface area contributed by atoms with Crippen LogP contribution in [0.3, 0.4) is 0 Å². The fraction of sp³-hybridized carbons (Fsp3) is 0.389. The topological polar surface area (TPSA) is 53.9 Å². The van der Waals surface area contributed by atoms with Gasteiger partial charge in [-0.2, -0.15) is 0 Å². The Bertz CT molecular complexity index is 859. The summed E-state index contributed by atoms with van der Waals surface area (Å²) in [5, 5.41) is 3.19. The molecule has 0 radical (unpaired) electrons.